The third kappa shape index (κ3) is 3.02. The van der Waals surface area contributed by atoms with Crippen LogP contribution in [-0.2, 0) is 4.74 Å². The summed E-state index contributed by atoms with van der Waals surface area (Å²) in [6.45, 7) is 0. The van der Waals surface area contributed by atoms with Gasteiger partial charge < -0.3 is 4.74 Å². The van der Waals surface area contributed by atoms with Gasteiger partial charge in [-0.1, -0.05) is 78.9 Å². The number of amides is 1. The van der Waals surface area contributed by atoms with E-state index >= 15 is 0 Å². The van der Waals surface area contributed by atoms with E-state index in [1.807, 2.05) is 91.0 Å². The lowest BCUT2D eigenvalue weighted by molar-refractivity contribution is 0.129. The molecule has 4 rings (SSSR count). The number of anilines is 1. The smallest absolute Gasteiger partial charge is 0.433 e. The van der Waals surface area contributed by atoms with E-state index in [-0.39, 0.29) is 0 Å². The second-order valence-electron chi connectivity index (χ2n) is 5.67. The molecule has 3 aromatic carbocycles. The average Bonchev–Trinajstić information content (AvgIpc) is 2.70. The molecule has 1 aliphatic heterocycles. The van der Waals surface area contributed by atoms with Gasteiger partial charge in [0.2, 0.25) is 0 Å². The van der Waals surface area contributed by atoms with E-state index in [1.54, 1.807) is 0 Å². The van der Waals surface area contributed by atoms with Crippen LogP contribution in [0, 0.1) is 0 Å². The van der Waals surface area contributed by atoms with Crippen LogP contribution in [0.1, 0.15) is 17.2 Å². The van der Waals surface area contributed by atoms with Crippen molar-refractivity contribution in [3.05, 3.63) is 102 Å². The Balaban J connectivity index is 1.83. The highest BCUT2D eigenvalue weighted by Crippen LogP contribution is 2.30. The summed E-state index contributed by atoms with van der Waals surface area (Å²) in [4.78, 5) is 12.6. The number of carbonyl (C=O) groups is 1. The number of hydrogen-bond donors (Lipinski definition) is 0. The van der Waals surface area contributed by atoms with Crippen LogP contribution in [0.25, 0.3) is 0 Å². The number of benzene rings is 3. The maximum Gasteiger partial charge on any atom is 0.436 e. The number of hydrazone groups is 1. The van der Waals surface area contributed by atoms with Crippen LogP contribution in [0.3, 0.4) is 0 Å². The molecule has 0 saturated heterocycles. The summed E-state index contributed by atoms with van der Waals surface area (Å²) in [5.74, 6) is 0. The van der Waals surface area contributed by atoms with Gasteiger partial charge in [-0.25, -0.2) is 4.79 Å². The summed E-state index contributed by atoms with van der Waals surface area (Å²) in [5, 5.41) is 5.94. The Kier molecular flexibility index (Phi) is 4.01. The van der Waals surface area contributed by atoms with E-state index in [1.165, 1.54) is 5.01 Å². The summed E-state index contributed by atoms with van der Waals surface area (Å²) >= 11 is 0. The molecule has 3 aromatic rings. The van der Waals surface area contributed by atoms with E-state index in [9.17, 15) is 4.79 Å². The van der Waals surface area contributed by atoms with E-state index < -0.39 is 12.2 Å². The third-order valence-electron chi connectivity index (χ3n) is 4.02. The topological polar surface area (TPSA) is 41.9 Å². The van der Waals surface area contributed by atoms with Gasteiger partial charge in [-0.05, 0) is 17.7 Å². The van der Waals surface area contributed by atoms with Crippen molar-refractivity contribution in [2.75, 3.05) is 5.01 Å². The van der Waals surface area contributed by atoms with Crippen molar-refractivity contribution in [3.8, 4) is 0 Å². The molecule has 0 aromatic heterocycles. The average molecular weight is 328 g/mol. The third-order valence-corrected chi connectivity index (χ3v) is 4.02. The predicted octanol–water partition coefficient (Wildman–Crippen LogP) is 4.79. The van der Waals surface area contributed by atoms with Crippen LogP contribution in [0.2, 0.25) is 0 Å². The van der Waals surface area contributed by atoms with E-state index in [0.717, 1.165) is 11.1 Å². The minimum absolute atomic E-state index is 0.486. The molecular formula is C21H16N2O2. The first-order valence-electron chi connectivity index (χ1n) is 8.07. The monoisotopic (exact) mass is 328 g/mol. The fourth-order valence-corrected chi connectivity index (χ4v) is 2.81. The van der Waals surface area contributed by atoms with Crippen LogP contribution in [0.15, 0.2) is 96.1 Å². The first kappa shape index (κ1) is 15.1. The molecule has 1 unspecified atom stereocenters. The van der Waals surface area contributed by atoms with Crippen molar-refractivity contribution >= 4 is 17.5 Å². The SMILES string of the molecule is O=C1OC(c2ccccc2)C(c2ccccc2)=NN1c1ccccc1. The summed E-state index contributed by atoms with van der Waals surface area (Å²) in [6, 6.07) is 28.7. The zero-order chi connectivity index (χ0) is 17.1. The van der Waals surface area contributed by atoms with Gasteiger partial charge in [0, 0.05) is 5.56 Å². The highest BCUT2D eigenvalue weighted by Gasteiger charge is 2.33. The van der Waals surface area contributed by atoms with E-state index in [2.05, 4.69) is 5.10 Å². The van der Waals surface area contributed by atoms with Crippen molar-refractivity contribution in [2.45, 2.75) is 6.10 Å². The first-order valence-corrected chi connectivity index (χ1v) is 8.07. The Labute approximate surface area is 146 Å². The fourth-order valence-electron chi connectivity index (χ4n) is 2.81. The van der Waals surface area contributed by atoms with Crippen LogP contribution in [-0.4, -0.2) is 11.8 Å². The van der Waals surface area contributed by atoms with Gasteiger partial charge >= 0.3 is 6.09 Å². The fraction of sp³-hybridized carbons (Fsp3) is 0.0476. The molecule has 122 valence electrons. The molecule has 1 atom stereocenters. The summed E-state index contributed by atoms with van der Waals surface area (Å²) in [7, 11) is 0. The zero-order valence-electron chi connectivity index (χ0n) is 13.4. The number of cyclic esters (lactones) is 1. The first-order chi connectivity index (χ1) is 12.3. The van der Waals surface area contributed by atoms with Gasteiger partial charge in [0.25, 0.3) is 0 Å². The number of ether oxygens (including phenoxy) is 1. The quantitative estimate of drug-likeness (QED) is 0.694. The normalized spacial score (nSPS) is 17.0. The molecule has 0 aliphatic carbocycles. The van der Waals surface area contributed by atoms with Crippen LogP contribution < -0.4 is 5.01 Å². The molecule has 0 saturated carbocycles. The molecule has 0 spiro atoms. The molecule has 1 amide bonds. The van der Waals surface area contributed by atoms with E-state index in [4.69, 9.17) is 4.74 Å². The highest BCUT2D eigenvalue weighted by atomic mass is 16.6. The summed E-state index contributed by atoms with van der Waals surface area (Å²) in [5.41, 5.74) is 3.19. The minimum atomic E-state index is -0.531. The van der Waals surface area contributed by atoms with Crippen LogP contribution in [0.4, 0.5) is 10.5 Å². The Morgan fingerprint density at radius 3 is 1.96 bits per heavy atom. The predicted molar refractivity (Wildman–Crippen MR) is 97.6 cm³/mol. The van der Waals surface area contributed by atoms with Gasteiger partial charge in [-0.15, -0.1) is 0 Å². The molecule has 0 bridgehead atoms. The number of carbonyl (C=O) groups excluding carboxylic acids is 1. The van der Waals surface area contributed by atoms with Crippen molar-refractivity contribution in [2.24, 2.45) is 5.10 Å². The number of para-hydroxylation sites is 1. The highest BCUT2D eigenvalue weighted by molar-refractivity contribution is 6.09. The Bertz CT molecular complexity index is 893. The largest absolute Gasteiger partial charge is 0.436 e. The zero-order valence-corrected chi connectivity index (χ0v) is 13.4. The van der Waals surface area contributed by atoms with Gasteiger partial charge in [0.05, 0.1) is 5.69 Å². The van der Waals surface area contributed by atoms with Gasteiger partial charge in [-0.2, -0.15) is 10.1 Å². The second kappa shape index (κ2) is 6.61. The van der Waals surface area contributed by atoms with Crippen molar-refractivity contribution in [3.63, 3.8) is 0 Å². The number of nitrogens with zero attached hydrogens (tertiary/aromatic N) is 2. The molecule has 1 aliphatic rings. The lowest BCUT2D eigenvalue weighted by Gasteiger charge is -2.30. The molecule has 0 N–H and O–H groups in total. The van der Waals surface area contributed by atoms with Gasteiger partial charge in [0.1, 0.15) is 5.71 Å². The summed E-state index contributed by atoms with van der Waals surface area (Å²) < 4.78 is 5.76. The van der Waals surface area contributed by atoms with E-state index in [0.29, 0.717) is 11.4 Å². The molecule has 1 heterocycles. The van der Waals surface area contributed by atoms with Crippen LogP contribution in [0.5, 0.6) is 0 Å². The summed E-state index contributed by atoms with van der Waals surface area (Å²) in [6.07, 6.45) is -1.02. The maximum atomic E-state index is 12.6. The number of rotatable bonds is 3. The molecule has 0 radical (unpaired) electrons. The lowest BCUT2D eigenvalue weighted by atomic mass is 9.98. The molecule has 4 nitrogen and oxygen atoms in total. The van der Waals surface area contributed by atoms with Gasteiger partial charge in [0.15, 0.2) is 6.10 Å². The van der Waals surface area contributed by atoms with Crippen molar-refractivity contribution in [1.82, 2.24) is 0 Å². The Morgan fingerprint density at radius 2 is 1.32 bits per heavy atom. The molecule has 4 heteroatoms. The molecular weight excluding hydrogens is 312 g/mol. The van der Waals surface area contributed by atoms with Crippen molar-refractivity contribution in [1.29, 1.82) is 0 Å². The Morgan fingerprint density at radius 1 is 0.760 bits per heavy atom. The van der Waals surface area contributed by atoms with Crippen LogP contribution >= 0.6 is 0 Å². The minimum Gasteiger partial charge on any atom is -0.433 e. The number of hydrogen-bond acceptors (Lipinski definition) is 3. The Hall–Kier alpha value is -3.40. The van der Waals surface area contributed by atoms with Crippen molar-refractivity contribution < 1.29 is 9.53 Å². The van der Waals surface area contributed by atoms with Gasteiger partial charge in [-0.3, -0.25) is 0 Å². The second-order valence-corrected chi connectivity index (χ2v) is 5.67. The molecule has 25 heavy (non-hydrogen) atoms. The maximum absolute atomic E-state index is 12.6. The lowest BCUT2D eigenvalue weighted by Crippen LogP contribution is -2.37. The standard InChI is InChI=1S/C21H16N2O2/c24-21-23(18-14-8-3-9-15-18)22-19(16-10-4-1-5-11-16)20(25-21)17-12-6-2-7-13-17/h1-15,20H. The molecule has 0 fully saturated rings.